The van der Waals surface area contributed by atoms with Crippen LogP contribution in [0.1, 0.15) is 39.0 Å². The first-order valence-electron chi connectivity index (χ1n) is 7.34. The van der Waals surface area contributed by atoms with Gasteiger partial charge in [-0.25, -0.2) is 0 Å². The van der Waals surface area contributed by atoms with Crippen molar-refractivity contribution in [2.45, 2.75) is 56.7 Å². The molecular weight excluding hydrogens is 228 g/mol. The zero-order valence-electron chi connectivity index (χ0n) is 11.9. The fourth-order valence-corrected chi connectivity index (χ4v) is 3.37. The molecule has 0 bridgehead atoms. The first-order chi connectivity index (χ1) is 8.72. The summed E-state index contributed by atoms with van der Waals surface area (Å²) in [5.41, 5.74) is 6.25. The van der Waals surface area contributed by atoms with E-state index in [0.29, 0.717) is 12.1 Å². The lowest BCUT2D eigenvalue weighted by Gasteiger charge is -2.48. The van der Waals surface area contributed by atoms with Gasteiger partial charge in [0.2, 0.25) is 0 Å². The molecule has 3 atom stereocenters. The summed E-state index contributed by atoms with van der Waals surface area (Å²) < 4.78 is 11.4. The first-order valence-corrected chi connectivity index (χ1v) is 7.34. The molecule has 0 aromatic carbocycles. The molecule has 18 heavy (non-hydrogen) atoms. The Morgan fingerprint density at radius 3 is 2.83 bits per heavy atom. The number of hydrogen-bond donors (Lipinski definition) is 1. The van der Waals surface area contributed by atoms with Crippen molar-refractivity contribution in [3.05, 3.63) is 0 Å². The van der Waals surface area contributed by atoms with Crippen molar-refractivity contribution in [1.82, 2.24) is 4.90 Å². The molecule has 4 nitrogen and oxygen atoms in total. The van der Waals surface area contributed by atoms with Crippen LogP contribution >= 0.6 is 0 Å². The summed E-state index contributed by atoms with van der Waals surface area (Å²) >= 11 is 0. The number of nitrogens with zero attached hydrogens (tertiary/aromatic N) is 1. The van der Waals surface area contributed by atoms with Gasteiger partial charge in [0.25, 0.3) is 0 Å². The Balaban J connectivity index is 2.03. The lowest BCUT2D eigenvalue weighted by Crippen LogP contribution is -2.60. The predicted molar refractivity (Wildman–Crippen MR) is 72.7 cm³/mol. The van der Waals surface area contributed by atoms with E-state index in [-0.39, 0.29) is 5.54 Å². The van der Waals surface area contributed by atoms with Gasteiger partial charge in [-0.05, 0) is 32.7 Å². The molecule has 0 spiro atoms. The van der Waals surface area contributed by atoms with Crippen LogP contribution in [0.25, 0.3) is 0 Å². The molecule has 0 aromatic heterocycles. The summed E-state index contributed by atoms with van der Waals surface area (Å²) in [5.74, 6) is 0. The van der Waals surface area contributed by atoms with E-state index in [0.717, 1.165) is 52.0 Å². The van der Waals surface area contributed by atoms with Gasteiger partial charge in [-0.2, -0.15) is 0 Å². The average Bonchev–Trinajstić information content (AvgIpc) is 2.92. The van der Waals surface area contributed by atoms with Crippen LogP contribution in [0.4, 0.5) is 0 Å². The Morgan fingerprint density at radius 2 is 2.22 bits per heavy atom. The Morgan fingerprint density at radius 1 is 1.39 bits per heavy atom. The van der Waals surface area contributed by atoms with Gasteiger partial charge in [-0.1, -0.05) is 13.3 Å². The van der Waals surface area contributed by atoms with E-state index in [1.165, 1.54) is 6.42 Å². The van der Waals surface area contributed by atoms with E-state index in [1.807, 2.05) is 0 Å². The fourth-order valence-electron chi connectivity index (χ4n) is 3.37. The molecule has 0 saturated carbocycles. The highest BCUT2D eigenvalue weighted by atomic mass is 16.5. The van der Waals surface area contributed by atoms with Crippen LogP contribution < -0.4 is 5.73 Å². The molecule has 4 heteroatoms. The molecule has 2 aliphatic heterocycles. The zero-order chi connectivity index (χ0) is 13.0. The molecule has 2 N–H and O–H groups in total. The Labute approximate surface area is 111 Å². The fraction of sp³-hybridized carbons (Fsp3) is 1.00. The average molecular weight is 256 g/mol. The van der Waals surface area contributed by atoms with E-state index >= 15 is 0 Å². The minimum absolute atomic E-state index is 0.121. The highest BCUT2D eigenvalue weighted by molar-refractivity contribution is 4.98. The van der Waals surface area contributed by atoms with E-state index in [2.05, 4.69) is 18.9 Å². The minimum Gasteiger partial charge on any atom is -0.380 e. The highest BCUT2D eigenvalue weighted by Gasteiger charge is 2.42. The molecule has 106 valence electrons. The SMILES string of the molecule is CCCC1CC(CN)(N(C)C2CCOC2)CCO1. The quantitative estimate of drug-likeness (QED) is 0.807. The van der Waals surface area contributed by atoms with Crippen LogP contribution in [-0.2, 0) is 9.47 Å². The number of nitrogens with two attached hydrogens (primary N) is 1. The number of likely N-dealkylation sites (N-methyl/N-ethyl adjacent to an activating group) is 1. The summed E-state index contributed by atoms with van der Waals surface area (Å²) in [6.07, 6.45) is 5.98. The van der Waals surface area contributed by atoms with Gasteiger partial charge >= 0.3 is 0 Å². The van der Waals surface area contributed by atoms with Gasteiger partial charge < -0.3 is 15.2 Å². The van der Waals surface area contributed by atoms with Crippen molar-refractivity contribution in [2.75, 3.05) is 33.4 Å². The van der Waals surface area contributed by atoms with Crippen molar-refractivity contribution < 1.29 is 9.47 Å². The summed E-state index contributed by atoms with van der Waals surface area (Å²) in [6, 6.07) is 0.536. The maximum absolute atomic E-state index is 6.13. The standard InChI is InChI=1S/C14H28N2O2/c1-3-4-13-9-14(11-15,6-8-18-13)16(2)12-5-7-17-10-12/h12-13H,3-11,15H2,1-2H3. The normalized spacial score (nSPS) is 37.3. The maximum Gasteiger partial charge on any atom is 0.0622 e. The Hall–Kier alpha value is -0.160. The second kappa shape index (κ2) is 6.33. The molecular formula is C14H28N2O2. The van der Waals surface area contributed by atoms with Crippen LogP contribution in [0.3, 0.4) is 0 Å². The summed E-state index contributed by atoms with van der Waals surface area (Å²) in [7, 11) is 2.22. The van der Waals surface area contributed by atoms with Crippen LogP contribution in [0.5, 0.6) is 0 Å². The van der Waals surface area contributed by atoms with Gasteiger partial charge in [-0.3, -0.25) is 4.90 Å². The molecule has 2 heterocycles. The van der Waals surface area contributed by atoms with E-state index in [4.69, 9.17) is 15.2 Å². The second-order valence-electron chi connectivity index (χ2n) is 5.79. The molecule has 0 radical (unpaired) electrons. The summed E-state index contributed by atoms with van der Waals surface area (Å²) in [6.45, 7) is 5.54. The molecule has 2 rings (SSSR count). The van der Waals surface area contributed by atoms with Crippen LogP contribution in [-0.4, -0.2) is 56.0 Å². The van der Waals surface area contributed by atoms with Crippen LogP contribution in [0.15, 0.2) is 0 Å². The maximum atomic E-state index is 6.13. The summed E-state index contributed by atoms with van der Waals surface area (Å²) in [5, 5.41) is 0. The molecule has 0 aliphatic carbocycles. The molecule has 0 amide bonds. The molecule has 0 aromatic rings. The van der Waals surface area contributed by atoms with Crippen LogP contribution in [0, 0.1) is 0 Å². The van der Waals surface area contributed by atoms with Crippen molar-refractivity contribution in [2.24, 2.45) is 5.73 Å². The Kier molecular flexibility index (Phi) is 5.01. The van der Waals surface area contributed by atoms with Gasteiger partial charge in [0.15, 0.2) is 0 Å². The first kappa shape index (κ1) is 14.3. The number of hydrogen-bond acceptors (Lipinski definition) is 4. The van der Waals surface area contributed by atoms with E-state index < -0.39 is 0 Å². The van der Waals surface area contributed by atoms with Gasteiger partial charge in [0, 0.05) is 31.3 Å². The van der Waals surface area contributed by atoms with E-state index in [1.54, 1.807) is 0 Å². The van der Waals surface area contributed by atoms with Gasteiger partial charge in [0.1, 0.15) is 0 Å². The number of rotatable bonds is 5. The Bertz CT molecular complexity index is 254. The lowest BCUT2D eigenvalue weighted by molar-refractivity contribution is -0.0780. The predicted octanol–water partition coefficient (Wildman–Crippen LogP) is 1.38. The minimum atomic E-state index is 0.121. The second-order valence-corrected chi connectivity index (χ2v) is 5.79. The summed E-state index contributed by atoms with van der Waals surface area (Å²) in [4.78, 5) is 2.49. The van der Waals surface area contributed by atoms with Crippen molar-refractivity contribution in [3.63, 3.8) is 0 Å². The topological polar surface area (TPSA) is 47.7 Å². The molecule has 2 aliphatic rings. The highest BCUT2D eigenvalue weighted by Crippen LogP contribution is 2.33. The zero-order valence-corrected chi connectivity index (χ0v) is 11.9. The third-order valence-electron chi connectivity index (χ3n) is 4.72. The molecule has 2 saturated heterocycles. The molecule has 3 unspecified atom stereocenters. The van der Waals surface area contributed by atoms with Gasteiger partial charge in [-0.15, -0.1) is 0 Å². The third-order valence-corrected chi connectivity index (χ3v) is 4.72. The molecule has 2 fully saturated rings. The lowest BCUT2D eigenvalue weighted by atomic mass is 9.83. The van der Waals surface area contributed by atoms with Crippen LogP contribution in [0.2, 0.25) is 0 Å². The number of ether oxygens (including phenoxy) is 2. The third kappa shape index (κ3) is 2.87. The van der Waals surface area contributed by atoms with Crippen molar-refractivity contribution in [1.29, 1.82) is 0 Å². The largest absolute Gasteiger partial charge is 0.380 e. The van der Waals surface area contributed by atoms with Crippen molar-refractivity contribution >= 4 is 0 Å². The van der Waals surface area contributed by atoms with Crippen molar-refractivity contribution in [3.8, 4) is 0 Å². The van der Waals surface area contributed by atoms with Gasteiger partial charge in [0.05, 0.1) is 12.7 Å². The monoisotopic (exact) mass is 256 g/mol. The smallest absolute Gasteiger partial charge is 0.0622 e. The van der Waals surface area contributed by atoms with E-state index in [9.17, 15) is 0 Å².